The number of carbonyl (C=O) groups is 2. The first kappa shape index (κ1) is 29.4. The predicted molar refractivity (Wildman–Crippen MR) is 157 cm³/mol. The van der Waals surface area contributed by atoms with Crippen molar-refractivity contribution >= 4 is 40.7 Å². The van der Waals surface area contributed by atoms with Crippen molar-refractivity contribution < 1.29 is 24.5 Å². The number of hydrogen-bond donors (Lipinski definition) is 6. The quantitative estimate of drug-likeness (QED) is 0.102. The van der Waals surface area contributed by atoms with Crippen LogP contribution in [0, 0.1) is 11.8 Å². The van der Waals surface area contributed by atoms with Crippen molar-refractivity contribution in [1.29, 1.82) is 0 Å². The topological polar surface area (TPSA) is 179 Å². The number of thioether (sulfide) groups is 1. The van der Waals surface area contributed by atoms with Crippen LogP contribution in [0.5, 0.6) is 0 Å². The van der Waals surface area contributed by atoms with Crippen LogP contribution in [0.25, 0.3) is 11.2 Å². The van der Waals surface area contributed by atoms with Crippen LogP contribution in [0.2, 0.25) is 0 Å². The fourth-order valence-corrected chi connectivity index (χ4v) is 7.90. The van der Waals surface area contributed by atoms with Gasteiger partial charge in [-0.15, -0.1) is 0 Å². The number of nitrogens with one attached hydrogen (secondary N) is 4. The van der Waals surface area contributed by atoms with Crippen molar-refractivity contribution in [2.45, 2.75) is 75.0 Å². The second kappa shape index (κ2) is 12.5. The van der Waals surface area contributed by atoms with E-state index in [2.05, 4.69) is 48.0 Å². The Balaban J connectivity index is 0.928. The molecule has 4 aliphatic heterocycles. The number of anilines is 1. The lowest BCUT2D eigenvalue weighted by Crippen LogP contribution is -2.41. The van der Waals surface area contributed by atoms with Crippen molar-refractivity contribution in [1.82, 2.24) is 40.4 Å². The standard InChI is InChI=1S/C27H41N9O5S/c1-14(22-18-16(11-42-22)33-27(40)34-18)9-15(2)25(39)29-6-4-3-5-28-23-19-24(31-12-30-23)36(13-32-19)26-21(38)20(37)17(41-26)10-35-7-8-35/h12-18,20-22,26,37-38H,3-11H2,1-2H3,(H,29,39)(H,28,30,31)(H2,33,34,40)/t14?,15?,16?,17-,18?,20?,21?,22?,26-/m1/s1. The molecule has 6 rings (SSSR count). The van der Waals surface area contributed by atoms with Crippen LogP contribution >= 0.6 is 11.8 Å². The van der Waals surface area contributed by atoms with Gasteiger partial charge in [0.25, 0.3) is 0 Å². The van der Waals surface area contributed by atoms with E-state index in [1.807, 2.05) is 18.7 Å². The van der Waals surface area contributed by atoms with E-state index in [-0.39, 0.29) is 29.9 Å². The Labute approximate surface area is 248 Å². The van der Waals surface area contributed by atoms with Crippen molar-refractivity contribution in [3.63, 3.8) is 0 Å². The maximum absolute atomic E-state index is 12.7. The average Bonchev–Trinajstić information content (AvgIpc) is 3.23. The summed E-state index contributed by atoms with van der Waals surface area (Å²) in [5, 5.41) is 33.8. The van der Waals surface area contributed by atoms with Gasteiger partial charge < -0.3 is 36.2 Å². The number of aliphatic hydroxyl groups is 2. The number of nitrogens with zero attached hydrogens (tertiary/aromatic N) is 5. The van der Waals surface area contributed by atoms with Gasteiger partial charge in [-0.25, -0.2) is 19.7 Å². The Morgan fingerprint density at radius 2 is 1.98 bits per heavy atom. The molecule has 4 fully saturated rings. The van der Waals surface area contributed by atoms with Crippen molar-refractivity contribution in [2.75, 3.05) is 43.8 Å². The van der Waals surface area contributed by atoms with Gasteiger partial charge in [-0.2, -0.15) is 11.8 Å². The molecule has 9 atom stereocenters. The molecule has 2 aromatic rings. The summed E-state index contributed by atoms with van der Waals surface area (Å²) >= 11 is 1.88. The van der Waals surface area contributed by atoms with E-state index in [4.69, 9.17) is 4.74 Å². The zero-order valence-corrected chi connectivity index (χ0v) is 24.8. The van der Waals surface area contributed by atoms with E-state index in [1.54, 1.807) is 10.9 Å². The highest BCUT2D eigenvalue weighted by atomic mass is 32.2. The van der Waals surface area contributed by atoms with Crippen LogP contribution in [0.15, 0.2) is 12.7 Å². The molecule has 2 aromatic heterocycles. The molecule has 0 aliphatic carbocycles. The van der Waals surface area contributed by atoms with Gasteiger partial charge in [0.05, 0.1) is 18.4 Å². The first-order chi connectivity index (χ1) is 20.3. The molecule has 0 spiro atoms. The number of amides is 3. The van der Waals surface area contributed by atoms with E-state index in [1.165, 1.54) is 6.33 Å². The molecule has 6 heterocycles. The minimum Gasteiger partial charge on any atom is -0.387 e. The third-order valence-corrected chi connectivity index (χ3v) is 10.4. The molecule has 6 N–H and O–H groups in total. The highest BCUT2D eigenvalue weighted by Crippen LogP contribution is 2.37. The molecule has 0 radical (unpaired) electrons. The fourth-order valence-electron chi connectivity index (χ4n) is 6.27. The van der Waals surface area contributed by atoms with Crippen LogP contribution in [0.3, 0.4) is 0 Å². The number of rotatable bonds is 13. The first-order valence-corrected chi connectivity index (χ1v) is 16.0. The van der Waals surface area contributed by atoms with Crippen LogP contribution in [-0.2, 0) is 9.53 Å². The van der Waals surface area contributed by atoms with Gasteiger partial charge in [-0.1, -0.05) is 13.8 Å². The largest absolute Gasteiger partial charge is 0.387 e. The maximum Gasteiger partial charge on any atom is 0.315 e. The summed E-state index contributed by atoms with van der Waals surface area (Å²) in [6, 6.07) is 0.243. The Bertz CT molecular complexity index is 1280. The van der Waals surface area contributed by atoms with E-state index in [0.717, 1.165) is 38.1 Å². The highest BCUT2D eigenvalue weighted by Gasteiger charge is 2.46. The van der Waals surface area contributed by atoms with Crippen molar-refractivity contribution in [3.8, 4) is 0 Å². The van der Waals surface area contributed by atoms with Gasteiger partial charge in [0.15, 0.2) is 23.2 Å². The molecule has 0 aromatic carbocycles. The summed E-state index contributed by atoms with van der Waals surface area (Å²) in [5.74, 6) is 1.77. The lowest BCUT2D eigenvalue weighted by Gasteiger charge is -2.26. The second-order valence-electron chi connectivity index (χ2n) is 12.0. The summed E-state index contributed by atoms with van der Waals surface area (Å²) < 4.78 is 7.66. The third kappa shape index (κ3) is 6.16. The van der Waals surface area contributed by atoms with Gasteiger partial charge in [-0.3, -0.25) is 14.3 Å². The maximum atomic E-state index is 12.7. The SMILES string of the molecule is CC(CC(C)C1SCC2NC(=O)NC21)C(=O)NCCCCNc1ncnc2c1ncn2[C@@H]1O[C@H](CN2CC2)C(O)C1O. The molecule has 15 heteroatoms. The summed E-state index contributed by atoms with van der Waals surface area (Å²) in [7, 11) is 0. The summed E-state index contributed by atoms with van der Waals surface area (Å²) in [6.07, 6.45) is 2.10. The molecule has 0 saturated carbocycles. The third-order valence-electron chi connectivity index (χ3n) is 8.75. The number of ether oxygens (including phenoxy) is 1. The minimum atomic E-state index is -1.08. The monoisotopic (exact) mass is 603 g/mol. The lowest BCUT2D eigenvalue weighted by atomic mass is 9.89. The molecule has 4 saturated heterocycles. The van der Waals surface area contributed by atoms with Crippen LogP contribution in [0.1, 0.15) is 39.3 Å². The number of urea groups is 1. The Kier molecular flexibility index (Phi) is 8.73. The zero-order valence-electron chi connectivity index (χ0n) is 24.0. The molecule has 230 valence electrons. The molecule has 14 nitrogen and oxygen atoms in total. The van der Waals surface area contributed by atoms with Gasteiger partial charge in [0.1, 0.15) is 24.6 Å². The number of carbonyl (C=O) groups excluding carboxylic acids is 2. The molecular formula is C27H41N9O5S. The molecule has 0 bridgehead atoms. The number of fused-ring (bicyclic) bond motifs is 2. The smallest absolute Gasteiger partial charge is 0.315 e. The zero-order chi connectivity index (χ0) is 29.4. The van der Waals surface area contributed by atoms with Gasteiger partial charge >= 0.3 is 6.03 Å². The first-order valence-electron chi connectivity index (χ1n) is 14.9. The average molecular weight is 604 g/mol. The van der Waals surface area contributed by atoms with Crippen molar-refractivity contribution in [2.24, 2.45) is 11.8 Å². The number of unbranched alkanes of at least 4 members (excludes halogenated alkanes) is 1. The molecule has 4 aliphatic rings. The van der Waals surface area contributed by atoms with Gasteiger partial charge in [0.2, 0.25) is 5.91 Å². The summed E-state index contributed by atoms with van der Waals surface area (Å²) in [4.78, 5) is 39.7. The lowest BCUT2D eigenvalue weighted by molar-refractivity contribution is -0.125. The number of aromatic nitrogens is 4. The van der Waals surface area contributed by atoms with E-state index in [9.17, 15) is 19.8 Å². The molecule has 7 unspecified atom stereocenters. The summed E-state index contributed by atoms with van der Waals surface area (Å²) in [6.45, 7) is 7.92. The summed E-state index contributed by atoms with van der Waals surface area (Å²) in [5.41, 5.74) is 1.08. The molecule has 42 heavy (non-hydrogen) atoms. The highest BCUT2D eigenvalue weighted by molar-refractivity contribution is 8.00. The molecular weight excluding hydrogens is 562 g/mol. The van der Waals surface area contributed by atoms with Crippen molar-refractivity contribution in [3.05, 3.63) is 12.7 Å². The van der Waals surface area contributed by atoms with Crippen LogP contribution in [-0.4, -0.2) is 121 Å². The Morgan fingerprint density at radius 3 is 2.79 bits per heavy atom. The van der Waals surface area contributed by atoms with Gasteiger partial charge in [-0.05, 0) is 25.2 Å². The Morgan fingerprint density at radius 1 is 1.17 bits per heavy atom. The number of hydrogen-bond acceptors (Lipinski definition) is 11. The minimum absolute atomic E-state index is 0.0592. The Hall–Kier alpha value is -2.72. The normalized spacial score (nSPS) is 31.9. The fraction of sp³-hybridized carbons (Fsp3) is 0.741. The van der Waals surface area contributed by atoms with E-state index < -0.39 is 24.5 Å². The number of imidazole rings is 1. The van der Waals surface area contributed by atoms with Gasteiger partial charge in [0, 0.05) is 49.6 Å². The molecule has 3 amide bonds. The van der Waals surface area contributed by atoms with Crippen LogP contribution < -0.4 is 21.3 Å². The predicted octanol–water partition coefficient (Wildman–Crippen LogP) is -0.103. The van der Waals surface area contributed by atoms with E-state index in [0.29, 0.717) is 47.8 Å². The second-order valence-corrected chi connectivity index (χ2v) is 13.2. The van der Waals surface area contributed by atoms with Crippen LogP contribution in [0.4, 0.5) is 10.6 Å². The number of aliphatic hydroxyl groups excluding tert-OH is 2. The van der Waals surface area contributed by atoms with E-state index >= 15 is 0 Å².